The van der Waals surface area contributed by atoms with Gasteiger partial charge in [-0.15, -0.1) is 0 Å². The molecule has 0 unspecified atom stereocenters. The largest absolute Gasteiger partial charge is 0.398 e. The molecule has 2 aromatic carbocycles. The summed E-state index contributed by atoms with van der Waals surface area (Å²) in [7, 11) is 0. The third kappa shape index (κ3) is 2.46. The van der Waals surface area contributed by atoms with E-state index in [0.29, 0.717) is 5.02 Å². The molecule has 20 heavy (non-hydrogen) atoms. The van der Waals surface area contributed by atoms with Crippen molar-refractivity contribution in [2.75, 3.05) is 17.2 Å². The Morgan fingerprint density at radius 2 is 2.00 bits per heavy atom. The molecule has 1 aliphatic rings. The predicted molar refractivity (Wildman–Crippen MR) is 86.8 cm³/mol. The molecule has 0 fully saturated rings. The highest BCUT2D eigenvalue weighted by Crippen LogP contribution is 2.34. The van der Waals surface area contributed by atoms with Crippen LogP contribution in [0.25, 0.3) is 0 Å². The van der Waals surface area contributed by atoms with Gasteiger partial charge in [0.05, 0.1) is 0 Å². The van der Waals surface area contributed by atoms with Crippen LogP contribution in [0, 0.1) is 6.92 Å². The molecule has 4 heteroatoms. The van der Waals surface area contributed by atoms with Crippen LogP contribution < -0.4 is 10.6 Å². The number of halogens is 2. The molecule has 2 aromatic rings. The predicted octanol–water partition coefficient (Wildman–Crippen LogP) is 4.45. The quantitative estimate of drug-likeness (QED) is 0.831. The van der Waals surface area contributed by atoms with Gasteiger partial charge in [-0.25, -0.2) is 0 Å². The van der Waals surface area contributed by atoms with E-state index in [1.165, 1.54) is 11.3 Å². The average molecular weight is 307 g/mol. The van der Waals surface area contributed by atoms with E-state index in [2.05, 4.69) is 17.0 Å². The number of hydrogen-bond acceptors (Lipinski definition) is 2. The van der Waals surface area contributed by atoms with Gasteiger partial charge in [0.1, 0.15) is 0 Å². The molecule has 0 aromatic heterocycles. The van der Waals surface area contributed by atoms with Crippen molar-refractivity contribution in [1.29, 1.82) is 0 Å². The minimum atomic E-state index is 0.715. The summed E-state index contributed by atoms with van der Waals surface area (Å²) in [5.41, 5.74) is 11.6. The lowest BCUT2D eigenvalue weighted by atomic mass is 10.1. The SMILES string of the molecule is Cc1cc2c(cc1N)N(Cc1cc(Cl)ccc1Cl)CC2. The number of hydrogen-bond donors (Lipinski definition) is 1. The van der Waals surface area contributed by atoms with Crippen molar-refractivity contribution >= 4 is 34.6 Å². The summed E-state index contributed by atoms with van der Waals surface area (Å²) in [4.78, 5) is 2.31. The average Bonchev–Trinajstić information content (AvgIpc) is 2.77. The molecule has 0 amide bonds. The number of nitrogen functional groups attached to an aromatic ring is 1. The summed E-state index contributed by atoms with van der Waals surface area (Å²) in [6, 6.07) is 9.84. The molecule has 0 bridgehead atoms. The van der Waals surface area contributed by atoms with E-state index in [1.54, 1.807) is 0 Å². The number of aryl methyl sites for hydroxylation is 1. The maximum atomic E-state index is 6.25. The van der Waals surface area contributed by atoms with Crippen LogP contribution in [-0.2, 0) is 13.0 Å². The van der Waals surface area contributed by atoms with E-state index in [1.807, 2.05) is 25.1 Å². The summed E-state index contributed by atoms with van der Waals surface area (Å²) in [6.07, 6.45) is 1.05. The lowest BCUT2D eigenvalue weighted by Crippen LogP contribution is -2.20. The van der Waals surface area contributed by atoms with Crippen LogP contribution >= 0.6 is 23.2 Å². The Labute approximate surface area is 129 Å². The Balaban J connectivity index is 1.92. The van der Waals surface area contributed by atoms with E-state index in [4.69, 9.17) is 28.9 Å². The highest BCUT2D eigenvalue weighted by atomic mass is 35.5. The van der Waals surface area contributed by atoms with Crippen molar-refractivity contribution in [2.24, 2.45) is 0 Å². The maximum absolute atomic E-state index is 6.25. The molecular formula is C16H16Cl2N2. The lowest BCUT2D eigenvalue weighted by Gasteiger charge is -2.21. The van der Waals surface area contributed by atoms with E-state index in [0.717, 1.165) is 41.3 Å². The van der Waals surface area contributed by atoms with Crippen LogP contribution in [0.5, 0.6) is 0 Å². The fraction of sp³-hybridized carbons (Fsp3) is 0.250. The second kappa shape index (κ2) is 5.19. The Hall–Kier alpha value is -1.38. The lowest BCUT2D eigenvalue weighted by molar-refractivity contribution is 0.836. The third-order valence-corrected chi connectivity index (χ3v) is 4.43. The summed E-state index contributed by atoms with van der Waals surface area (Å²) in [6.45, 7) is 3.79. The number of benzene rings is 2. The summed E-state index contributed by atoms with van der Waals surface area (Å²) < 4.78 is 0. The standard InChI is InChI=1S/C16H16Cl2N2/c1-10-6-11-4-5-20(16(11)8-15(10)19)9-12-7-13(17)2-3-14(12)18/h2-3,6-8H,4-5,9,19H2,1H3. The van der Waals surface area contributed by atoms with Gasteiger partial charge in [-0.2, -0.15) is 0 Å². The van der Waals surface area contributed by atoms with E-state index in [-0.39, 0.29) is 0 Å². The first-order chi connectivity index (χ1) is 9.54. The van der Waals surface area contributed by atoms with Gasteiger partial charge in [0.25, 0.3) is 0 Å². The highest BCUT2D eigenvalue weighted by molar-refractivity contribution is 6.33. The molecule has 2 N–H and O–H groups in total. The summed E-state index contributed by atoms with van der Waals surface area (Å²) in [5, 5.41) is 1.47. The molecule has 0 atom stereocenters. The maximum Gasteiger partial charge on any atom is 0.0456 e. The van der Waals surface area contributed by atoms with Gasteiger partial charge in [-0.05, 0) is 54.3 Å². The minimum absolute atomic E-state index is 0.715. The van der Waals surface area contributed by atoms with Crippen molar-refractivity contribution < 1.29 is 0 Å². The first-order valence-electron chi connectivity index (χ1n) is 6.62. The highest BCUT2D eigenvalue weighted by Gasteiger charge is 2.21. The van der Waals surface area contributed by atoms with Gasteiger partial charge in [0, 0.05) is 34.5 Å². The fourth-order valence-corrected chi connectivity index (χ4v) is 3.05. The van der Waals surface area contributed by atoms with Crippen molar-refractivity contribution in [3.05, 3.63) is 57.1 Å². The van der Waals surface area contributed by atoms with Crippen LogP contribution in [-0.4, -0.2) is 6.54 Å². The van der Waals surface area contributed by atoms with Gasteiger partial charge in [-0.1, -0.05) is 29.3 Å². The number of rotatable bonds is 2. The molecule has 0 saturated heterocycles. The van der Waals surface area contributed by atoms with Crippen molar-refractivity contribution in [3.8, 4) is 0 Å². The topological polar surface area (TPSA) is 29.3 Å². The van der Waals surface area contributed by atoms with Crippen LogP contribution in [0.3, 0.4) is 0 Å². The zero-order chi connectivity index (χ0) is 14.3. The zero-order valence-electron chi connectivity index (χ0n) is 11.3. The molecular weight excluding hydrogens is 291 g/mol. The summed E-state index contributed by atoms with van der Waals surface area (Å²) >= 11 is 12.3. The molecule has 1 aliphatic heterocycles. The number of anilines is 2. The van der Waals surface area contributed by atoms with E-state index < -0.39 is 0 Å². The first kappa shape index (κ1) is 13.6. The van der Waals surface area contributed by atoms with Crippen LogP contribution in [0.4, 0.5) is 11.4 Å². The monoisotopic (exact) mass is 306 g/mol. The molecule has 0 aliphatic carbocycles. The normalized spacial score (nSPS) is 13.7. The Morgan fingerprint density at radius 1 is 1.20 bits per heavy atom. The van der Waals surface area contributed by atoms with E-state index >= 15 is 0 Å². The Kier molecular flexibility index (Phi) is 3.53. The van der Waals surface area contributed by atoms with Gasteiger partial charge in [0.15, 0.2) is 0 Å². The molecule has 104 valence electrons. The molecule has 0 radical (unpaired) electrons. The molecule has 2 nitrogen and oxygen atoms in total. The number of nitrogens with zero attached hydrogens (tertiary/aromatic N) is 1. The van der Waals surface area contributed by atoms with Gasteiger partial charge in [-0.3, -0.25) is 0 Å². The fourth-order valence-electron chi connectivity index (χ4n) is 2.68. The van der Waals surface area contributed by atoms with Crippen molar-refractivity contribution in [3.63, 3.8) is 0 Å². The minimum Gasteiger partial charge on any atom is -0.398 e. The van der Waals surface area contributed by atoms with Crippen LogP contribution in [0.2, 0.25) is 10.0 Å². The number of nitrogens with two attached hydrogens (primary N) is 1. The molecule has 0 saturated carbocycles. The Bertz CT molecular complexity index is 668. The van der Waals surface area contributed by atoms with Crippen LogP contribution in [0.1, 0.15) is 16.7 Å². The third-order valence-electron chi connectivity index (χ3n) is 3.83. The molecule has 0 spiro atoms. The summed E-state index contributed by atoms with van der Waals surface area (Å²) in [5.74, 6) is 0. The van der Waals surface area contributed by atoms with Crippen LogP contribution in [0.15, 0.2) is 30.3 Å². The van der Waals surface area contributed by atoms with Crippen molar-refractivity contribution in [1.82, 2.24) is 0 Å². The smallest absolute Gasteiger partial charge is 0.0456 e. The molecule has 1 heterocycles. The second-order valence-corrected chi connectivity index (χ2v) is 6.09. The van der Waals surface area contributed by atoms with Gasteiger partial charge in [0.2, 0.25) is 0 Å². The van der Waals surface area contributed by atoms with Gasteiger partial charge < -0.3 is 10.6 Å². The zero-order valence-corrected chi connectivity index (χ0v) is 12.8. The first-order valence-corrected chi connectivity index (χ1v) is 7.38. The second-order valence-electron chi connectivity index (χ2n) is 5.24. The van der Waals surface area contributed by atoms with E-state index in [9.17, 15) is 0 Å². The molecule has 3 rings (SSSR count). The van der Waals surface area contributed by atoms with Crippen molar-refractivity contribution in [2.45, 2.75) is 19.9 Å². The number of fused-ring (bicyclic) bond motifs is 1. The van der Waals surface area contributed by atoms with Gasteiger partial charge >= 0.3 is 0 Å². The Morgan fingerprint density at radius 3 is 2.80 bits per heavy atom.